The zero-order chi connectivity index (χ0) is 7.40. The predicted octanol–water partition coefficient (Wildman–Crippen LogP) is 3.64. The molecule has 0 nitrogen and oxygen atoms in total. The van der Waals surface area contributed by atoms with E-state index in [4.69, 9.17) is 0 Å². The van der Waals surface area contributed by atoms with Gasteiger partial charge in [-0.25, -0.2) is 0 Å². The Kier molecular flexibility index (Phi) is 4.04. The molecule has 0 aliphatic heterocycles. The van der Waals surface area contributed by atoms with Gasteiger partial charge in [0.2, 0.25) is 0 Å². The van der Waals surface area contributed by atoms with E-state index in [1.165, 1.54) is 36.5 Å². The lowest BCUT2D eigenvalue weighted by molar-refractivity contribution is 0.282. The van der Waals surface area contributed by atoms with Gasteiger partial charge in [-0.3, -0.25) is 0 Å². The second-order valence-electron chi connectivity index (χ2n) is 3.46. The Hall–Kier alpha value is 0.730. The molecule has 0 aromatic carbocycles. The average Bonchev–Trinajstić information content (AvgIpc) is 2.05. The van der Waals surface area contributed by atoms with Crippen molar-refractivity contribution in [2.45, 2.75) is 39.0 Å². The van der Waals surface area contributed by atoms with Gasteiger partial charge in [0.15, 0.2) is 0 Å². The lowest BCUT2D eigenvalue weighted by atomic mass is 9.81. The van der Waals surface area contributed by atoms with E-state index >= 15 is 0 Å². The minimum Gasteiger partial charge on any atom is -0.0861 e. The van der Waals surface area contributed by atoms with Gasteiger partial charge >= 0.3 is 0 Å². The van der Waals surface area contributed by atoms with Crippen LogP contribution in [0.2, 0.25) is 0 Å². The van der Waals surface area contributed by atoms with E-state index < -0.39 is 0 Å². The van der Waals surface area contributed by atoms with Gasteiger partial charge < -0.3 is 0 Å². The van der Waals surface area contributed by atoms with Crippen LogP contribution in [0.4, 0.5) is 0 Å². The molecular formula is C9H17I. The van der Waals surface area contributed by atoms with Crippen LogP contribution in [0.5, 0.6) is 0 Å². The van der Waals surface area contributed by atoms with Gasteiger partial charge in [0, 0.05) is 4.43 Å². The molecule has 0 amide bonds. The van der Waals surface area contributed by atoms with Gasteiger partial charge in [-0.2, -0.15) is 0 Å². The van der Waals surface area contributed by atoms with Crippen molar-refractivity contribution in [2.75, 3.05) is 4.43 Å². The Labute approximate surface area is 77.9 Å². The van der Waals surface area contributed by atoms with Crippen LogP contribution in [-0.4, -0.2) is 4.43 Å². The molecule has 0 aromatic rings. The van der Waals surface area contributed by atoms with E-state index in [-0.39, 0.29) is 0 Å². The highest BCUT2D eigenvalue weighted by Crippen LogP contribution is 2.31. The molecule has 10 heavy (non-hydrogen) atoms. The van der Waals surface area contributed by atoms with Crippen LogP contribution in [-0.2, 0) is 0 Å². The monoisotopic (exact) mass is 252 g/mol. The fraction of sp³-hybridized carbons (Fsp3) is 1.00. The molecule has 2 atom stereocenters. The molecule has 0 bridgehead atoms. The molecule has 1 fully saturated rings. The number of alkyl halides is 1. The van der Waals surface area contributed by atoms with Crippen molar-refractivity contribution < 1.29 is 0 Å². The largest absolute Gasteiger partial charge is 0.0861 e. The Morgan fingerprint density at radius 1 is 1.30 bits per heavy atom. The fourth-order valence-corrected chi connectivity index (χ4v) is 2.71. The van der Waals surface area contributed by atoms with Gasteiger partial charge in [0.05, 0.1) is 0 Å². The first kappa shape index (κ1) is 8.82. The molecular weight excluding hydrogens is 235 g/mol. The highest BCUT2D eigenvalue weighted by molar-refractivity contribution is 14.1. The third-order valence-corrected chi connectivity index (χ3v) is 3.93. The molecule has 0 radical (unpaired) electrons. The fourth-order valence-electron chi connectivity index (χ4n) is 1.91. The summed E-state index contributed by atoms with van der Waals surface area (Å²) in [6.45, 7) is 2.33. The maximum atomic E-state index is 2.53. The topological polar surface area (TPSA) is 0 Å². The van der Waals surface area contributed by atoms with Gasteiger partial charge in [0.1, 0.15) is 0 Å². The van der Waals surface area contributed by atoms with Gasteiger partial charge in [-0.1, -0.05) is 48.8 Å². The summed E-state index contributed by atoms with van der Waals surface area (Å²) in [6, 6.07) is 0. The summed E-state index contributed by atoms with van der Waals surface area (Å²) in [5.41, 5.74) is 0. The van der Waals surface area contributed by atoms with Gasteiger partial charge in [-0.15, -0.1) is 0 Å². The first-order valence-electron chi connectivity index (χ1n) is 4.42. The maximum absolute atomic E-state index is 2.53. The molecule has 1 rings (SSSR count). The third kappa shape index (κ3) is 2.40. The minimum absolute atomic E-state index is 1.05. The molecule has 0 spiro atoms. The van der Waals surface area contributed by atoms with Crippen LogP contribution in [0.1, 0.15) is 39.0 Å². The molecule has 60 valence electrons. The number of hydrogen-bond acceptors (Lipinski definition) is 0. The second kappa shape index (κ2) is 4.58. The van der Waals surface area contributed by atoms with Crippen LogP contribution in [0.15, 0.2) is 0 Å². The molecule has 1 aliphatic carbocycles. The predicted molar refractivity (Wildman–Crippen MR) is 54.6 cm³/mol. The van der Waals surface area contributed by atoms with Crippen LogP contribution in [0, 0.1) is 11.8 Å². The Morgan fingerprint density at radius 3 is 2.60 bits per heavy atom. The van der Waals surface area contributed by atoms with E-state index in [0.717, 1.165) is 11.8 Å². The SMILES string of the molecule is CCC1CCCC(CI)C1. The molecule has 0 N–H and O–H groups in total. The Balaban J connectivity index is 2.25. The van der Waals surface area contributed by atoms with Gasteiger partial charge in [0.25, 0.3) is 0 Å². The Bertz CT molecular complexity index is 80.7. The van der Waals surface area contributed by atoms with Crippen LogP contribution >= 0.6 is 22.6 Å². The summed E-state index contributed by atoms with van der Waals surface area (Å²) in [4.78, 5) is 0. The summed E-state index contributed by atoms with van der Waals surface area (Å²) in [6.07, 6.45) is 7.42. The number of rotatable bonds is 2. The van der Waals surface area contributed by atoms with Crippen molar-refractivity contribution >= 4 is 22.6 Å². The first-order valence-corrected chi connectivity index (χ1v) is 5.95. The second-order valence-corrected chi connectivity index (χ2v) is 4.34. The summed E-state index contributed by atoms with van der Waals surface area (Å²) in [5, 5.41) is 0. The van der Waals surface area contributed by atoms with Gasteiger partial charge in [-0.05, 0) is 24.7 Å². The van der Waals surface area contributed by atoms with Crippen molar-refractivity contribution in [3.8, 4) is 0 Å². The summed E-state index contributed by atoms with van der Waals surface area (Å²) >= 11 is 2.53. The summed E-state index contributed by atoms with van der Waals surface area (Å²) in [7, 11) is 0. The number of halogens is 1. The smallest absolute Gasteiger partial charge is 0.00238 e. The molecule has 2 unspecified atom stereocenters. The lowest BCUT2D eigenvalue weighted by Gasteiger charge is -2.26. The maximum Gasteiger partial charge on any atom is 0.00238 e. The van der Waals surface area contributed by atoms with Crippen molar-refractivity contribution in [3.63, 3.8) is 0 Å². The van der Waals surface area contributed by atoms with E-state index in [1.54, 1.807) is 0 Å². The number of hydrogen-bond donors (Lipinski definition) is 0. The molecule has 0 heterocycles. The summed E-state index contributed by atoms with van der Waals surface area (Å²) < 4.78 is 1.38. The minimum atomic E-state index is 1.05. The molecule has 0 saturated heterocycles. The molecule has 0 aromatic heterocycles. The van der Waals surface area contributed by atoms with Crippen LogP contribution in [0.3, 0.4) is 0 Å². The van der Waals surface area contributed by atoms with Crippen LogP contribution < -0.4 is 0 Å². The molecule has 1 aliphatic rings. The van der Waals surface area contributed by atoms with E-state index in [2.05, 4.69) is 29.5 Å². The van der Waals surface area contributed by atoms with Crippen LogP contribution in [0.25, 0.3) is 0 Å². The van der Waals surface area contributed by atoms with Crippen molar-refractivity contribution in [3.05, 3.63) is 0 Å². The van der Waals surface area contributed by atoms with E-state index in [0.29, 0.717) is 0 Å². The van der Waals surface area contributed by atoms with E-state index in [1.807, 2.05) is 0 Å². The lowest BCUT2D eigenvalue weighted by Crippen LogP contribution is -2.15. The zero-order valence-electron chi connectivity index (χ0n) is 6.78. The molecule has 1 heteroatoms. The van der Waals surface area contributed by atoms with E-state index in [9.17, 15) is 0 Å². The zero-order valence-corrected chi connectivity index (χ0v) is 8.93. The normalized spacial score (nSPS) is 34.2. The summed E-state index contributed by atoms with van der Waals surface area (Å²) in [5.74, 6) is 2.12. The standard InChI is InChI=1S/C9H17I/c1-2-8-4-3-5-9(6-8)7-10/h8-9H,2-7H2,1H3. The molecule has 1 saturated carbocycles. The van der Waals surface area contributed by atoms with Crippen molar-refractivity contribution in [2.24, 2.45) is 11.8 Å². The average molecular weight is 252 g/mol. The third-order valence-electron chi connectivity index (χ3n) is 2.69. The van der Waals surface area contributed by atoms with Crippen molar-refractivity contribution in [1.29, 1.82) is 0 Å². The highest BCUT2D eigenvalue weighted by Gasteiger charge is 2.18. The quantitative estimate of drug-likeness (QED) is 0.520. The Morgan fingerprint density at radius 2 is 2.00 bits per heavy atom. The highest BCUT2D eigenvalue weighted by atomic mass is 127. The first-order chi connectivity index (χ1) is 4.86. The van der Waals surface area contributed by atoms with Crippen molar-refractivity contribution in [1.82, 2.24) is 0 Å².